The number of allylic oxidation sites excluding steroid dienone is 1. The Morgan fingerprint density at radius 3 is 2.61 bits per heavy atom. The van der Waals surface area contributed by atoms with Crippen LogP contribution in [0.15, 0.2) is 11.6 Å². The zero-order valence-corrected chi connectivity index (χ0v) is 23.0. The van der Waals surface area contributed by atoms with Gasteiger partial charge in [0.15, 0.2) is 0 Å². The van der Waals surface area contributed by atoms with Gasteiger partial charge in [0.05, 0.1) is 6.42 Å². The smallest absolute Gasteiger partial charge is 0.306 e. The third-order valence-corrected chi connectivity index (χ3v) is 11.1. The number of carbonyl (C=O) groups excluding carboxylic acids is 1. The van der Waals surface area contributed by atoms with Gasteiger partial charge in [-0.3, -0.25) is 4.79 Å². The van der Waals surface area contributed by atoms with E-state index >= 15 is 0 Å². The topological polar surface area (TPSA) is 26.3 Å². The number of esters is 1. The lowest BCUT2D eigenvalue weighted by Gasteiger charge is -2.58. The second kappa shape index (κ2) is 10.3. The molecule has 0 N–H and O–H groups in total. The van der Waals surface area contributed by atoms with Gasteiger partial charge in [-0.05, 0) is 91.3 Å². The molecule has 4 aliphatic carbocycles. The molecule has 0 bridgehead atoms. The van der Waals surface area contributed by atoms with Gasteiger partial charge in [0.25, 0.3) is 0 Å². The second-order valence-electron chi connectivity index (χ2n) is 13.1. The molecule has 0 aliphatic heterocycles. The van der Waals surface area contributed by atoms with Crippen molar-refractivity contribution in [1.82, 2.24) is 0 Å². The van der Waals surface area contributed by atoms with Crippen molar-refractivity contribution in [2.24, 2.45) is 46.3 Å². The van der Waals surface area contributed by atoms with Crippen LogP contribution in [0.25, 0.3) is 0 Å². The van der Waals surface area contributed by atoms with Gasteiger partial charge < -0.3 is 4.74 Å². The molecule has 0 aromatic rings. The van der Waals surface area contributed by atoms with Crippen LogP contribution in [0.1, 0.15) is 112 Å². The van der Waals surface area contributed by atoms with Gasteiger partial charge in [-0.15, -0.1) is 0 Å². The average molecular weight is 475 g/mol. The molecule has 0 spiro atoms. The quantitative estimate of drug-likeness (QED) is 0.218. The van der Waals surface area contributed by atoms with Crippen molar-refractivity contribution in [2.75, 3.05) is 5.75 Å². The molecule has 0 aromatic heterocycles. The molecule has 4 rings (SSSR count). The zero-order valence-electron chi connectivity index (χ0n) is 22.1. The molecule has 0 saturated heterocycles. The Kier molecular flexibility index (Phi) is 7.99. The fourth-order valence-corrected chi connectivity index (χ4v) is 9.27. The van der Waals surface area contributed by atoms with E-state index in [1.165, 1.54) is 57.8 Å². The van der Waals surface area contributed by atoms with E-state index in [4.69, 9.17) is 4.74 Å². The number of thiol groups is 1. The van der Waals surface area contributed by atoms with Crippen LogP contribution in [0.5, 0.6) is 0 Å². The fraction of sp³-hybridized carbons (Fsp3) is 0.900. The highest BCUT2D eigenvalue weighted by atomic mass is 32.1. The van der Waals surface area contributed by atoms with E-state index in [2.05, 4.69) is 53.3 Å². The number of rotatable bonds is 8. The summed E-state index contributed by atoms with van der Waals surface area (Å²) in [6, 6.07) is 0. The van der Waals surface area contributed by atoms with Gasteiger partial charge in [0.1, 0.15) is 6.10 Å². The molecule has 33 heavy (non-hydrogen) atoms. The van der Waals surface area contributed by atoms with E-state index in [0.717, 1.165) is 48.3 Å². The van der Waals surface area contributed by atoms with Crippen molar-refractivity contribution in [3.05, 3.63) is 11.6 Å². The molecular weight excluding hydrogens is 424 g/mol. The van der Waals surface area contributed by atoms with E-state index in [0.29, 0.717) is 23.0 Å². The highest BCUT2D eigenvalue weighted by molar-refractivity contribution is 7.80. The third kappa shape index (κ3) is 4.96. The Morgan fingerprint density at radius 2 is 1.88 bits per heavy atom. The van der Waals surface area contributed by atoms with E-state index < -0.39 is 0 Å². The lowest BCUT2D eigenvalue weighted by atomic mass is 9.47. The summed E-state index contributed by atoms with van der Waals surface area (Å²) in [5.74, 6) is 5.76. The van der Waals surface area contributed by atoms with Gasteiger partial charge in [0.2, 0.25) is 0 Å². The summed E-state index contributed by atoms with van der Waals surface area (Å²) >= 11 is 4.18. The van der Waals surface area contributed by atoms with Gasteiger partial charge in [-0.25, -0.2) is 0 Å². The van der Waals surface area contributed by atoms with E-state index in [9.17, 15) is 4.79 Å². The maximum absolute atomic E-state index is 12.0. The molecule has 3 saturated carbocycles. The molecule has 0 amide bonds. The van der Waals surface area contributed by atoms with Crippen LogP contribution in [-0.4, -0.2) is 17.8 Å². The molecule has 4 unspecified atom stereocenters. The summed E-state index contributed by atoms with van der Waals surface area (Å²) in [6.45, 7) is 12.5. The number of ether oxygens (including phenoxy) is 1. The third-order valence-electron chi connectivity index (χ3n) is 10.9. The van der Waals surface area contributed by atoms with E-state index in [-0.39, 0.29) is 12.1 Å². The molecule has 0 heterocycles. The first-order valence-corrected chi connectivity index (χ1v) is 14.8. The van der Waals surface area contributed by atoms with Crippen molar-refractivity contribution in [3.63, 3.8) is 0 Å². The van der Waals surface area contributed by atoms with E-state index in [1.807, 2.05) is 0 Å². The van der Waals surface area contributed by atoms with E-state index in [1.54, 1.807) is 5.57 Å². The summed E-state index contributed by atoms with van der Waals surface area (Å²) < 4.78 is 5.81. The van der Waals surface area contributed by atoms with Crippen molar-refractivity contribution in [1.29, 1.82) is 0 Å². The number of carbonyl (C=O) groups is 1. The highest BCUT2D eigenvalue weighted by Gasteiger charge is 2.59. The van der Waals surface area contributed by atoms with Crippen LogP contribution in [-0.2, 0) is 9.53 Å². The highest BCUT2D eigenvalue weighted by Crippen LogP contribution is 2.67. The van der Waals surface area contributed by atoms with Gasteiger partial charge in [0, 0.05) is 12.2 Å². The predicted molar refractivity (Wildman–Crippen MR) is 141 cm³/mol. The van der Waals surface area contributed by atoms with Gasteiger partial charge >= 0.3 is 5.97 Å². The fourth-order valence-electron chi connectivity index (χ4n) is 9.09. The molecule has 8 atom stereocenters. The maximum atomic E-state index is 12.0. The van der Waals surface area contributed by atoms with Crippen molar-refractivity contribution in [2.45, 2.75) is 118 Å². The minimum absolute atomic E-state index is 0.0687. The van der Waals surface area contributed by atoms with Gasteiger partial charge in [-0.1, -0.05) is 65.5 Å². The van der Waals surface area contributed by atoms with Crippen LogP contribution in [0.4, 0.5) is 0 Å². The molecule has 0 aromatic carbocycles. The van der Waals surface area contributed by atoms with Gasteiger partial charge in [-0.2, -0.15) is 12.6 Å². The maximum Gasteiger partial charge on any atom is 0.306 e. The Hall–Kier alpha value is -0.440. The predicted octanol–water partition coefficient (Wildman–Crippen LogP) is 8.26. The average Bonchev–Trinajstić information content (AvgIpc) is 3.11. The minimum Gasteiger partial charge on any atom is -0.462 e. The number of hydrogen-bond acceptors (Lipinski definition) is 3. The van der Waals surface area contributed by atoms with Crippen LogP contribution >= 0.6 is 12.6 Å². The Labute approximate surface area is 209 Å². The normalized spacial score (nSPS) is 41.1. The Balaban J connectivity index is 1.43. The minimum atomic E-state index is -0.0687. The van der Waals surface area contributed by atoms with Crippen molar-refractivity contribution < 1.29 is 9.53 Å². The number of hydrogen-bond donors (Lipinski definition) is 1. The molecular formula is C30H50O2S. The summed E-state index contributed by atoms with van der Waals surface area (Å²) in [6.07, 6.45) is 17.6. The molecule has 4 aliphatic rings. The largest absolute Gasteiger partial charge is 0.462 e. The zero-order chi connectivity index (χ0) is 23.8. The molecule has 3 fully saturated rings. The molecule has 3 heteroatoms. The van der Waals surface area contributed by atoms with Crippen molar-refractivity contribution >= 4 is 18.6 Å². The Bertz CT molecular complexity index is 729. The summed E-state index contributed by atoms with van der Waals surface area (Å²) in [7, 11) is 0. The SMILES string of the molecule is CC(C)CCCC(C)[C@H]1CCC2C3CC=C4C[C@@H](OC(=O)CCS)CC[C@]4(C)C3CC[C@@]21C. The van der Waals surface area contributed by atoms with Crippen LogP contribution in [0.3, 0.4) is 0 Å². The molecule has 0 radical (unpaired) electrons. The van der Waals surface area contributed by atoms with Crippen LogP contribution in [0.2, 0.25) is 0 Å². The summed E-state index contributed by atoms with van der Waals surface area (Å²) in [5, 5.41) is 0. The first-order valence-electron chi connectivity index (χ1n) is 14.2. The van der Waals surface area contributed by atoms with Crippen LogP contribution < -0.4 is 0 Å². The van der Waals surface area contributed by atoms with Crippen LogP contribution in [0, 0.1) is 46.3 Å². The van der Waals surface area contributed by atoms with Crippen molar-refractivity contribution in [3.8, 4) is 0 Å². The Morgan fingerprint density at radius 1 is 1.09 bits per heavy atom. The first kappa shape index (κ1) is 25.6. The molecule has 2 nitrogen and oxygen atoms in total. The number of fused-ring (bicyclic) bond motifs is 5. The standard InChI is InChI=1S/C30H50O2S/c1-20(2)7-6-8-21(3)25-11-12-26-24-10-9-22-19-23(32-28(31)15-18-33)13-16-29(22,4)27(24)14-17-30(25,26)5/h9,20-21,23-27,33H,6-8,10-19H2,1-5H3/t21?,23-,24?,25+,26?,27?,29-,30+/m0/s1. The molecule has 188 valence electrons. The second-order valence-corrected chi connectivity index (χ2v) is 13.6. The monoisotopic (exact) mass is 474 g/mol. The first-order chi connectivity index (χ1) is 15.7. The lowest BCUT2D eigenvalue weighted by molar-refractivity contribution is -0.151. The lowest BCUT2D eigenvalue weighted by Crippen LogP contribution is -2.51. The summed E-state index contributed by atoms with van der Waals surface area (Å²) in [4.78, 5) is 12.0. The summed E-state index contributed by atoms with van der Waals surface area (Å²) in [5.41, 5.74) is 2.50.